The molecule has 0 aliphatic carbocycles. The summed E-state index contributed by atoms with van der Waals surface area (Å²) >= 11 is 5.15. The smallest absolute Gasteiger partial charge is 0.187 e. The van der Waals surface area contributed by atoms with Crippen LogP contribution in [0, 0.1) is 6.92 Å². The minimum absolute atomic E-state index is 0.278. The molecular formula is C14H19N3OS. The van der Waals surface area contributed by atoms with Crippen LogP contribution in [0.5, 0.6) is 0 Å². The molecule has 1 aliphatic heterocycles. The van der Waals surface area contributed by atoms with Crippen LogP contribution < -0.4 is 10.7 Å². The van der Waals surface area contributed by atoms with Gasteiger partial charge in [0.1, 0.15) is 0 Å². The Morgan fingerprint density at radius 1 is 1.53 bits per heavy atom. The number of nitrogens with zero attached hydrogens (tertiary/aromatic N) is 1. The molecule has 4 nitrogen and oxygen atoms in total. The van der Waals surface area contributed by atoms with Crippen molar-refractivity contribution in [3.05, 3.63) is 35.4 Å². The van der Waals surface area contributed by atoms with Gasteiger partial charge in [-0.3, -0.25) is 5.43 Å². The normalized spacial score (nSPS) is 18.7. The van der Waals surface area contributed by atoms with E-state index in [1.807, 2.05) is 18.2 Å². The standard InChI is InChI=1S/C14H19N3OS/c1-11-5-2-3-6-12(11)9-16-17-14(19)15-10-13-7-4-8-18-13/h2-3,5-6,9,13H,4,7-8,10H2,1H3,(H2,15,17,19)/b16-9-/t13-/m1/s1. The average molecular weight is 277 g/mol. The van der Waals surface area contributed by atoms with Gasteiger partial charge in [0.05, 0.1) is 12.3 Å². The Hall–Kier alpha value is -1.46. The molecule has 2 rings (SSSR count). The van der Waals surface area contributed by atoms with Crippen molar-refractivity contribution >= 4 is 23.5 Å². The molecule has 0 bridgehead atoms. The molecule has 19 heavy (non-hydrogen) atoms. The first-order valence-electron chi connectivity index (χ1n) is 6.50. The Bertz CT molecular complexity index is 456. The van der Waals surface area contributed by atoms with Crippen LogP contribution in [0.25, 0.3) is 0 Å². The van der Waals surface area contributed by atoms with Gasteiger partial charge in [0.25, 0.3) is 0 Å². The van der Waals surface area contributed by atoms with Crippen LogP contribution in [0.1, 0.15) is 24.0 Å². The summed E-state index contributed by atoms with van der Waals surface area (Å²) in [6.45, 7) is 3.65. The molecule has 1 aromatic rings. The number of thiocarbonyl (C=S) groups is 1. The third-order valence-electron chi connectivity index (χ3n) is 3.07. The quantitative estimate of drug-likeness (QED) is 0.502. The summed E-state index contributed by atoms with van der Waals surface area (Å²) < 4.78 is 5.50. The highest BCUT2D eigenvalue weighted by Gasteiger charge is 2.14. The molecular weight excluding hydrogens is 258 g/mol. The van der Waals surface area contributed by atoms with Gasteiger partial charge in [0, 0.05) is 13.2 Å². The molecule has 2 N–H and O–H groups in total. The van der Waals surface area contributed by atoms with E-state index in [-0.39, 0.29) is 6.10 Å². The third kappa shape index (κ3) is 4.61. The molecule has 1 aliphatic rings. The summed E-state index contributed by atoms with van der Waals surface area (Å²) in [6.07, 6.45) is 4.29. The van der Waals surface area contributed by atoms with E-state index in [0.29, 0.717) is 5.11 Å². The Morgan fingerprint density at radius 2 is 2.37 bits per heavy atom. The van der Waals surface area contributed by atoms with Crippen LogP contribution in [0.2, 0.25) is 0 Å². The van der Waals surface area contributed by atoms with Crippen LogP contribution in [0.15, 0.2) is 29.4 Å². The molecule has 1 saturated heterocycles. The van der Waals surface area contributed by atoms with Gasteiger partial charge in [-0.05, 0) is 43.1 Å². The van der Waals surface area contributed by atoms with E-state index in [9.17, 15) is 0 Å². The number of benzene rings is 1. The maximum atomic E-state index is 5.50. The molecule has 0 amide bonds. The maximum absolute atomic E-state index is 5.50. The molecule has 1 heterocycles. The summed E-state index contributed by atoms with van der Waals surface area (Å²) in [4.78, 5) is 0. The van der Waals surface area contributed by atoms with Crippen LogP contribution in [-0.4, -0.2) is 30.6 Å². The summed E-state index contributed by atoms with van der Waals surface area (Å²) in [5.41, 5.74) is 5.08. The fourth-order valence-electron chi connectivity index (χ4n) is 1.94. The van der Waals surface area contributed by atoms with Gasteiger partial charge >= 0.3 is 0 Å². The van der Waals surface area contributed by atoms with Gasteiger partial charge in [0.15, 0.2) is 5.11 Å². The number of ether oxygens (including phenoxy) is 1. The summed E-state index contributed by atoms with van der Waals surface area (Å²) in [5, 5.41) is 7.76. The van der Waals surface area contributed by atoms with E-state index in [2.05, 4.69) is 28.8 Å². The summed E-state index contributed by atoms with van der Waals surface area (Å²) in [6, 6.07) is 8.06. The molecule has 102 valence electrons. The second kappa shape index (κ2) is 7.21. The minimum atomic E-state index is 0.278. The van der Waals surface area contributed by atoms with Crippen molar-refractivity contribution in [3.63, 3.8) is 0 Å². The number of hydrogen-bond acceptors (Lipinski definition) is 3. The molecule has 0 radical (unpaired) electrons. The van der Waals surface area contributed by atoms with E-state index in [0.717, 1.165) is 31.6 Å². The second-order valence-corrected chi connectivity index (χ2v) is 4.98. The first-order valence-corrected chi connectivity index (χ1v) is 6.90. The van der Waals surface area contributed by atoms with E-state index < -0.39 is 0 Å². The van der Waals surface area contributed by atoms with E-state index >= 15 is 0 Å². The number of rotatable bonds is 4. The third-order valence-corrected chi connectivity index (χ3v) is 3.31. The number of nitrogens with one attached hydrogen (secondary N) is 2. The Labute approximate surface area is 119 Å². The van der Waals surface area contributed by atoms with Crippen LogP contribution in [0.4, 0.5) is 0 Å². The first kappa shape index (κ1) is 14.0. The summed E-state index contributed by atoms with van der Waals surface area (Å²) in [7, 11) is 0. The highest BCUT2D eigenvalue weighted by atomic mass is 32.1. The van der Waals surface area contributed by atoms with E-state index in [1.165, 1.54) is 5.56 Å². The molecule has 5 heteroatoms. The lowest BCUT2D eigenvalue weighted by molar-refractivity contribution is 0.114. The monoisotopic (exact) mass is 277 g/mol. The minimum Gasteiger partial charge on any atom is -0.376 e. The van der Waals surface area contributed by atoms with Gasteiger partial charge < -0.3 is 10.1 Å². The van der Waals surface area contributed by atoms with Crippen molar-refractivity contribution < 1.29 is 4.74 Å². The SMILES string of the molecule is Cc1ccccc1/C=N\NC(=S)NC[C@H]1CCCO1. The highest BCUT2D eigenvalue weighted by Crippen LogP contribution is 2.10. The number of aryl methyl sites for hydroxylation is 1. The topological polar surface area (TPSA) is 45.7 Å². The van der Waals surface area contributed by atoms with Crippen molar-refractivity contribution in [1.82, 2.24) is 10.7 Å². The van der Waals surface area contributed by atoms with E-state index in [4.69, 9.17) is 17.0 Å². The molecule has 0 aromatic heterocycles. The molecule has 1 aromatic carbocycles. The van der Waals surface area contributed by atoms with Gasteiger partial charge in [0.2, 0.25) is 0 Å². The zero-order chi connectivity index (χ0) is 13.5. The van der Waals surface area contributed by atoms with Gasteiger partial charge in [-0.1, -0.05) is 24.3 Å². The first-order chi connectivity index (χ1) is 9.25. The predicted molar refractivity (Wildman–Crippen MR) is 81.5 cm³/mol. The van der Waals surface area contributed by atoms with Crippen molar-refractivity contribution in [2.75, 3.05) is 13.2 Å². The lowest BCUT2D eigenvalue weighted by Crippen LogP contribution is -2.37. The second-order valence-electron chi connectivity index (χ2n) is 4.57. The molecule has 0 unspecified atom stereocenters. The van der Waals surface area contributed by atoms with Crippen LogP contribution >= 0.6 is 12.2 Å². The van der Waals surface area contributed by atoms with Crippen molar-refractivity contribution in [2.24, 2.45) is 5.10 Å². The van der Waals surface area contributed by atoms with Crippen molar-refractivity contribution in [3.8, 4) is 0 Å². The van der Waals surface area contributed by atoms with Gasteiger partial charge in [-0.25, -0.2) is 0 Å². The summed E-state index contributed by atoms with van der Waals surface area (Å²) in [5.74, 6) is 0. The van der Waals surface area contributed by atoms with Crippen molar-refractivity contribution in [2.45, 2.75) is 25.9 Å². The Morgan fingerprint density at radius 3 is 3.11 bits per heavy atom. The van der Waals surface area contributed by atoms with Gasteiger partial charge in [-0.15, -0.1) is 0 Å². The molecule has 0 saturated carbocycles. The lowest BCUT2D eigenvalue weighted by atomic mass is 10.1. The zero-order valence-electron chi connectivity index (χ0n) is 11.1. The largest absolute Gasteiger partial charge is 0.376 e. The Balaban J connectivity index is 1.72. The highest BCUT2D eigenvalue weighted by molar-refractivity contribution is 7.80. The fraction of sp³-hybridized carbons (Fsp3) is 0.429. The van der Waals surface area contributed by atoms with E-state index in [1.54, 1.807) is 6.21 Å². The maximum Gasteiger partial charge on any atom is 0.187 e. The molecule has 1 fully saturated rings. The number of hydrazone groups is 1. The predicted octanol–water partition coefficient (Wildman–Crippen LogP) is 1.97. The average Bonchev–Trinajstić information content (AvgIpc) is 2.92. The van der Waals surface area contributed by atoms with Crippen molar-refractivity contribution in [1.29, 1.82) is 0 Å². The lowest BCUT2D eigenvalue weighted by Gasteiger charge is -2.11. The molecule has 0 spiro atoms. The fourth-order valence-corrected chi connectivity index (χ4v) is 2.08. The molecule has 1 atom stereocenters. The van der Waals surface area contributed by atoms with Gasteiger partial charge in [-0.2, -0.15) is 5.10 Å². The zero-order valence-corrected chi connectivity index (χ0v) is 11.9. The number of hydrogen-bond donors (Lipinski definition) is 2. The van der Waals surface area contributed by atoms with Crippen LogP contribution in [0.3, 0.4) is 0 Å². The Kier molecular flexibility index (Phi) is 5.30. The van der Waals surface area contributed by atoms with Crippen LogP contribution in [-0.2, 0) is 4.74 Å².